The molecule has 0 radical (unpaired) electrons. The second-order valence-corrected chi connectivity index (χ2v) is 8.29. The van der Waals surface area contributed by atoms with E-state index >= 15 is 0 Å². The lowest BCUT2D eigenvalue weighted by atomic mass is 9.79. The molecule has 2 rings (SSSR count). The molecule has 0 atom stereocenters. The number of nitrogens with two attached hydrogens (primary N) is 1. The molecule has 142 valence electrons. The smallest absolute Gasteiger partial charge is 0.242 e. The average molecular weight is 392 g/mol. The number of benzene rings is 1. The molecule has 0 bridgehead atoms. The second-order valence-electron chi connectivity index (χ2n) is 6.17. The van der Waals surface area contributed by atoms with Crippen LogP contribution in [-0.2, 0) is 26.1 Å². The van der Waals surface area contributed by atoms with Gasteiger partial charge in [0.15, 0.2) is 0 Å². The van der Waals surface area contributed by atoms with E-state index in [-0.39, 0.29) is 36.3 Å². The normalized spacial score (nSPS) is 17.0. The number of halogens is 1. The number of hydrogen-bond acceptors (Lipinski definition) is 5. The predicted molar refractivity (Wildman–Crippen MR) is 97.9 cm³/mol. The summed E-state index contributed by atoms with van der Waals surface area (Å²) in [5, 5.41) is 2.85. The van der Waals surface area contributed by atoms with Gasteiger partial charge in [-0.3, -0.25) is 4.79 Å². The number of amides is 1. The van der Waals surface area contributed by atoms with Gasteiger partial charge in [0.25, 0.3) is 0 Å². The molecule has 9 heteroatoms. The van der Waals surface area contributed by atoms with Crippen molar-refractivity contribution in [3.05, 3.63) is 29.8 Å². The maximum atomic E-state index is 12.6. The highest BCUT2D eigenvalue weighted by Crippen LogP contribution is 2.29. The first-order chi connectivity index (χ1) is 11.3. The molecule has 1 amide bonds. The van der Waals surface area contributed by atoms with Gasteiger partial charge in [-0.15, -0.1) is 12.4 Å². The summed E-state index contributed by atoms with van der Waals surface area (Å²) in [5.41, 5.74) is 5.75. The Hall–Kier alpha value is -1.19. The zero-order valence-electron chi connectivity index (χ0n) is 14.5. The van der Waals surface area contributed by atoms with Crippen molar-refractivity contribution in [3.63, 3.8) is 0 Å². The molecular weight excluding hydrogens is 366 g/mol. The highest BCUT2D eigenvalue weighted by atomic mass is 35.5. The molecule has 1 heterocycles. The molecule has 0 aromatic heterocycles. The van der Waals surface area contributed by atoms with Crippen molar-refractivity contribution in [2.24, 2.45) is 11.1 Å². The van der Waals surface area contributed by atoms with Crippen LogP contribution in [0.25, 0.3) is 0 Å². The molecule has 1 aromatic carbocycles. The van der Waals surface area contributed by atoms with Crippen molar-refractivity contribution >= 4 is 28.3 Å². The summed E-state index contributed by atoms with van der Waals surface area (Å²) in [5.74, 6) is -0.148. The number of sulfonamides is 1. The van der Waals surface area contributed by atoms with Crippen molar-refractivity contribution in [3.8, 4) is 0 Å². The molecule has 25 heavy (non-hydrogen) atoms. The van der Waals surface area contributed by atoms with Gasteiger partial charge in [0, 0.05) is 40.4 Å². The van der Waals surface area contributed by atoms with E-state index in [1.165, 1.54) is 14.1 Å². The van der Waals surface area contributed by atoms with Crippen LogP contribution >= 0.6 is 12.4 Å². The maximum Gasteiger partial charge on any atom is 0.242 e. The fourth-order valence-electron chi connectivity index (χ4n) is 2.75. The van der Waals surface area contributed by atoms with Gasteiger partial charge in [-0.05, 0) is 24.5 Å². The fraction of sp³-hybridized carbons (Fsp3) is 0.562. The van der Waals surface area contributed by atoms with Gasteiger partial charge in [-0.1, -0.05) is 18.2 Å². The molecule has 0 spiro atoms. The van der Waals surface area contributed by atoms with E-state index in [1.807, 2.05) is 0 Å². The zero-order valence-corrected chi connectivity index (χ0v) is 16.2. The van der Waals surface area contributed by atoms with Gasteiger partial charge < -0.3 is 15.8 Å². The van der Waals surface area contributed by atoms with Crippen LogP contribution < -0.4 is 11.1 Å². The van der Waals surface area contributed by atoms with Crippen LogP contribution in [0.4, 0.5) is 0 Å². The van der Waals surface area contributed by atoms with Crippen molar-refractivity contribution in [1.82, 2.24) is 9.62 Å². The van der Waals surface area contributed by atoms with Gasteiger partial charge in [0.1, 0.15) is 0 Å². The van der Waals surface area contributed by atoms with Crippen molar-refractivity contribution in [2.75, 3.05) is 33.9 Å². The number of carbonyl (C=O) groups is 1. The topological polar surface area (TPSA) is 102 Å². The lowest BCUT2D eigenvalue weighted by Gasteiger charge is -2.34. The highest BCUT2D eigenvalue weighted by molar-refractivity contribution is 7.89. The first-order valence-electron chi connectivity index (χ1n) is 7.90. The van der Waals surface area contributed by atoms with Gasteiger partial charge in [-0.2, -0.15) is 0 Å². The van der Waals surface area contributed by atoms with Crippen LogP contribution in [0, 0.1) is 5.41 Å². The largest absolute Gasteiger partial charge is 0.381 e. The quantitative estimate of drug-likeness (QED) is 0.744. The molecule has 1 aliphatic rings. The van der Waals surface area contributed by atoms with E-state index in [1.54, 1.807) is 24.3 Å². The third kappa shape index (κ3) is 4.71. The van der Waals surface area contributed by atoms with Crippen LogP contribution in [0.15, 0.2) is 29.2 Å². The molecule has 1 aliphatic heterocycles. The number of ether oxygens (including phenoxy) is 1. The number of rotatable bonds is 6. The Morgan fingerprint density at radius 1 is 1.28 bits per heavy atom. The van der Waals surface area contributed by atoms with Crippen LogP contribution in [0.1, 0.15) is 18.4 Å². The van der Waals surface area contributed by atoms with Crippen LogP contribution in [0.2, 0.25) is 0 Å². The summed E-state index contributed by atoms with van der Waals surface area (Å²) in [6.45, 7) is 1.41. The summed E-state index contributed by atoms with van der Waals surface area (Å²) < 4.78 is 31.3. The lowest BCUT2D eigenvalue weighted by molar-refractivity contribution is -0.136. The van der Waals surface area contributed by atoms with Crippen LogP contribution in [-0.4, -0.2) is 52.5 Å². The third-order valence-electron chi connectivity index (χ3n) is 4.49. The van der Waals surface area contributed by atoms with Crippen LogP contribution in [0.5, 0.6) is 0 Å². The summed E-state index contributed by atoms with van der Waals surface area (Å²) in [6, 6.07) is 6.67. The lowest BCUT2D eigenvalue weighted by Crippen LogP contribution is -2.49. The van der Waals surface area contributed by atoms with E-state index in [9.17, 15) is 13.2 Å². The highest BCUT2D eigenvalue weighted by Gasteiger charge is 2.38. The standard InChI is InChI=1S/C16H25N3O4S.ClH/c1-19(2)24(21,22)14-6-4-3-5-13(14)11-18-15(20)16(12-17)7-9-23-10-8-16;/h3-6H,7-12,17H2,1-2H3,(H,18,20);1H. The van der Waals surface area contributed by atoms with Crippen LogP contribution in [0.3, 0.4) is 0 Å². The first-order valence-corrected chi connectivity index (χ1v) is 9.34. The zero-order chi connectivity index (χ0) is 17.8. The Kier molecular flexibility index (Phi) is 7.83. The second kappa shape index (κ2) is 8.95. The average Bonchev–Trinajstić information content (AvgIpc) is 2.60. The Labute approximate surface area is 155 Å². The molecule has 1 aromatic rings. The van der Waals surface area contributed by atoms with Gasteiger partial charge in [-0.25, -0.2) is 12.7 Å². The maximum absolute atomic E-state index is 12.6. The minimum absolute atomic E-state index is 0. The summed E-state index contributed by atoms with van der Waals surface area (Å²) in [4.78, 5) is 12.8. The summed E-state index contributed by atoms with van der Waals surface area (Å²) in [6.07, 6.45) is 1.15. The number of hydrogen-bond donors (Lipinski definition) is 2. The molecule has 0 saturated carbocycles. The fourth-order valence-corrected chi connectivity index (χ4v) is 3.86. The van der Waals surface area contributed by atoms with Crippen molar-refractivity contribution < 1.29 is 17.9 Å². The first kappa shape index (κ1) is 21.9. The molecule has 1 saturated heterocycles. The van der Waals surface area contributed by atoms with E-state index in [0.29, 0.717) is 31.6 Å². The Bertz CT molecular complexity index is 688. The van der Waals surface area contributed by atoms with E-state index in [4.69, 9.17) is 10.5 Å². The van der Waals surface area contributed by atoms with Gasteiger partial charge in [0.05, 0.1) is 10.3 Å². The summed E-state index contributed by atoms with van der Waals surface area (Å²) >= 11 is 0. The minimum atomic E-state index is -3.56. The Morgan fingerprint density at radius 2 is 1.88 bits per heavy atom. The monoisotopic (exact) mass is 391 g/mol. The third-order valence-corrected chi connectivity index (χ3v) is 6.41. The van der Waals surface area contributed by atoms with E-state index in [2.05, 4.69) is 5.32 Å². The SMILES string of the molecule is CN(C)S(=O)(=O)c1ccccc1CNC(=O)C1(CN)CCOCC1.Cl. The predicted octanol–water partition coefficient (Wildman–Crippen LogP) is 0.730. The van der Waals surface area contributed by atoms with E-state index < -0.39 is 15.4 Å². The minimum Gasteiger partial charge on any atom is -0.381 e. The number of nitrogens with one attached hydrogen (secondary N) is 1. The van der Waals surface area contributed by atoms with Gasteiger partial charge >= 0.3 is 0 Å². The Balaban J connectivity index is 0.00000312. The molecule has 0 unspecified atom stereocenters. The number of nitrogens with zero attached hydrogens (tertiary/aromatic N) is 1. The molecular formula is C16H26ClN3O4S. The number of carbonyl (C=O) groups excluding carboxylic acids is 1. The van der Waals surface area contributed by atoms with Gasteiger partial charge in [0.2, 0.25) is 15.9 Å². The molecule has 1 fully saturated rings. The van der Waals surface area contributed by atoms with E-state index in [0.717, 1.165) is 4.31 Å². The molecule has 3 N–H and O–H groups in total. The van der Waals surface area contributed by atoms with Crippen molar-refractivity contribution in [1.29, 1.82) is 0 Å². The molecule has 0 aliphatic carbocycles. The molecule has 7 nitrogen and oxygen atoms in total. The van der Waals surface area contributed by atoms with Crippen molar-refractivity contribution in [2.45, 2.75) is 24.3 Å². The summed E-state index contributed by atoms with van der Waals surface area (Å²) in [7, 11) is -0.599. The Morgan fingerprint density at radius 3 is 2.44 bits per heavy atom.